The van der Waals surface area contributed by atoms with Crippen molar-refractivity contribution in [3.05, 3.63) is 21.3 Å². The molecule has 0 amide bonds. The minimum Gasteiger partial charge on any atom is -0.388 e. The summed E-state index contributed by atoms with van der Waals surface area (Å²) < 4.78 is 0.870. The molecule has 3 nitrogen and oxygen atoms in total. The molecule has 0 aliphatic carbocycles. The third kappa shape index (κ3) is 1.88. The van der Waals surface area contributed by atoms with Crippen molar-refractivity contribution in [1.82, 2.24) is 9.97 Å². The lowest BCUT2D eigenvalue weighted by atomic mass is 10.4. The molecule has 10 heavy (non-hydrogen) atoms. The first-order valence-electron chi connectivity index (χ1n) is 2.83. The quantitative estimate of drug-likeness (QED) is 0.594. The van der Waals surface area contributed by atoms with Gasteiger partial charge in [-0.2, -0.15) is 0 Å². The monoisotopic (exact) mass is 250 g/mol. The fraction of sp³-hybridized carbons (Fsp3) is 0.333. The first-order valence-corrected chi connectivity index (χ1v) is 3.91. The Morgan fingerprint density at radius 3 is 2.80 bits per heavy atom. The van der Waals surface area contributed by atoms with Gasteiger partial charge in [-0.25, -0.2) is 9.97 Å². The van der Waals surface area contributed by atoms with Crippen LogP contribution in [-0.4, -0.2) is 15.1 Å². The van der Waals surface area contributed by atoms with Crippen molar-refractivity contribution in [3.63, 3.8) is 0 Å². The lowest BCUT2D eigenvalue weighted by molar-refractivity contribution is 0.270. The van der Waals surface area contributed by atoms with Gasteiger partial charge in [0, 0.05) is 5.69 Å². The van der Waals surface area contributed by atoms with Crippen molar-refractivity contribution < 1.29 is 5.11 Å². The van der Waals surface area contributed by atoms with Gasteiger partial charge in [0.1, 0.15) is 10.3 Å². The molecule has 0 atom stereocenters. The molecular weight excluding hydrogens is 243 g/mol. The molecule has 0 spiro atoms. The number of aryl methyl sites for hydroxylation is 1. The average Bonchev–Trinajstić information content (AvgIpc) is 1.85. The predicted octanol–water partition coefficient (Wildman–Crippen LogP) is 0.882. The van der Waals surface area contributed by atoms with Gasteiger partial charge >= 0.3 is 0 Å². The molecule has 0 radical (unpaired) electrons. The van der Waals surface area contributed by atoms with Crippen LogP contribution in [0.2, 0.25) is 0 Å². The Kier molecular flexibility index (Phi) is 2.56. The highest BCUT2D eigenvalue weighted by Gasteiger charge is 1.96. The fourth-order valence-electron chi connectivity index (χ4n) is 0.659. The summed E-state index contributed by atoms with van der Waals surface area (Å²) in [4.78, 5) is 7.96. The Morgan fingerprint density at radius 1 is 1.60 bits per heavy atom. The highest BCUT2D eigenvalue weighted by atomic mass is 127. The van der Waals surface area contributed by atoms with E-state index in [1.54, 1.807) is 0 Å². The lowest BCUT2D eigenvalue weighted by Gasteiger charge is -1.96. The Balaban J connectivity index is 3.06. The first-order chi connectivity index (χ1) is 4.72. The van der Waals surface area contributed by atoms with Gasteiger partial charge in [-0.15, -0.1) is 0 Å². The second-order valence-electron chi connectivity index (χ2n) is 1.91. The van der Waals surface area contributed by atoms with E-state index in [1.807, 2.05) is 13.0 Å². The molecule has 0 aliphatic heterocycles. The normalized spacial score (nSPS) is 9.90. The van der Waals surface area contributed by atoms with E-state index in [4.69, 9.17) is 5.11 Å². The SMILES string of the molecule is Cc1cc(I)nc(CO)n1. The average molecular weight is 250 g/mol. The molecule has 0 saturated carbocycles. The van der Waals surface area contributed by atoms with Crippen molar-refractivity contribution in [1.29, 1.82) is 0 Å². The Morgan fingerprint density at radius 2 is 2.30 bits per heavy atom. The second-order valence-corrected chi connectivity index (χ2v) is 3.01. The molecule has 0 aromatic carbocycles. The fourth-order valence-corrected chi connectivity index (χ4v) is 1.39. The van der Waals surface area contributed by atoms with Crippen LogP contribution in [0, 0.1) is 10.6 Å². The lowest BCUT2D eigenvalue weighted by Crippen LogP contribution is -1.97. The Bertz CT molecular complexity index is 219. The summed E-state index contributed by atoms with van der Waals surface area (Å²) in [6.45, 7) is 1.79. The molecule has 1 aromatic rings. The number of hydrogen-bond donors (Lipinski definition) is 1. The topological polar surface area (TPSA) is 46.0 Å². The van der Waals surface area contributed by atoms with E-state index < -0.39 is 0 Å². The van der Waals surface area contributed by atoms with Crippen molar-refractivity contribution >= 4 is 22.6 Å². The second kappa shape index (κ2) is 3.25. The van der Waals surface area contributed by atoms with Gasteiger partial charge in [-0.1, -0.05) is 0 Å². The molecule has 1 heterocycles. The largest absolute Gasteiger partial charge is 0.388 e. The molecule has 1 aromatic heterocycles. The van der Waals surface area contributed by atoms with E-state index in [0.717, 1.165) is 9.39 Å². The smallest absolute Gasteiger partial charge is 0.155 e. The van der Waals surface area contributed by atoms with Crippen LogP contribution in [0.1, 0.15) is 11.5 Å². The van der Waals surface area contributed by atoms with Gasteiger partial charge in [-0.05, 0) is 35.6 Å². The third-order valence-electron chi connectivity index (χ3n) is 1.01. The van der Waals surface area contributed by atoms with Crippen molar-refractivity contribution in [3.8, 4) is 0 Å². The number of aliphatic hydroxyl groups is 1. The number of aromatic nitrogens is 2. The number of rotatable bonds is 1. The first kappa shape index (κ1) is 7.87. The summed E-state index contributed by atoms with van der Waals surface area (Å²) in [5.41, 5.74) is 0.892. The van der Waals surface area contributed by atoms with Gasteiger partial charge in [-0.3, -0.25) is 0 Å². The minimum absolute atomic E-state index is 0.0856. The summed E-state index contributed by atoms with van der Waals surface area (Å²) in [5.74, 6) is 0.490. The van der Waals surface area contributed by atoms with Crippen molar-refractivity contribution in [2.24, 2.45) is 0 Å². The molecule has 0 unspecified atom stereocenters. The maximum Gasteiger partial charge on any atom is 0.155 e. The number of halogens is 1. The van der Waals surface area contributed by atoms with E-state index in [0.29, 0.717) is 5.82 Å². The molecular formula is C6H7IN2O. The summed E-state index contributed by atoms with van der Waals surface area (Å²) in [5, 5.41) is 8.66. The predicted molar refractivity (Wildman–Crippen MR) is 45.4 cm³/mol. The standard InChI is InChI=1S/C6H7IN2O/c1-4-2-5(7)9-6(3-10)8-4/h2,10H,3H2,1H3. The van der Waals surface area contributed by atoms with Crippen molar-refractivity contribution in [2.45, 2.75) is 13.5 Å². The van der Waals surface area contributed by atoms with E-state index in [2.05, 4.69) is 32.6 Å². The van der Waals surface area contributed by atoms with Gasteiger partial charge in [0.05, 0.1) is 0 Å². The summed E-state index contributed by atoms with van der Waals surface area (Å²) in [6.07, 6.45) is 0. The van der Waals surface area contributed by atoms with Crippen LogP contribution in [-0.2, 0) is 6.61 Å². The van der Waals surface area contributed by atoms with E-state index in [1.165, 1.54) is 0 Å². The van der Waals surface area contributed by atoms with Crippen LogP contribution in [0.4, 0.5) is 0 Å². The number of aliphatic hydroxyl groups excluding tert-OH is 1. The molecule has 4 heteroatoms. The molecule has 1 N–H and O–H groups in total. The maximum atomic E-state index is 8.66. The van der Waals surface area contributed by atoms with Crippen LogP contribution in [0.15, 0.2) is 6.07 Å². The molecule has 0 bridgehead atoms. The van der Waals surface area contributed by atoms with Gasteiger partial charge in [0.25, 0.3) is 0 Å². The van der Waals surface area contributed by atoms with Crippen LogP contribution in [0.5, 0.6) is 0 Å². The minimum atomic E-state index is -0.0856. The molecule has 0 saturated heterocycles. The molecule has 54 valence electrons. The number of nitrogens with zero attached hydrogens (tertiary/aromatic N) is 2. The highest BCUT2D eigenvalue weighted by Crippen LogP contribution is 2.02. The zero-order chi connectivity index (χ0) is 7.56. The molecule has 0 aliphatic rings. The Hall–Kier alpha value is -0.230. The highest BCUT2D eigenvalue weighted by molar-refractivity contribution is 14.1. The third-order valence-corrected chi connectivity index (χ3v) is 1.56. The van der Waals surface area contributed by atoms with E-state index in [9.17, 15) is 0 Å². The summed E-state index contributed by atoms with van der Waals surface area (Å²) in [7, 11) is 0. The zero-order valence-corrected chi connectivity index (χ0v) is 7.66. The van der Waals surface area contributed by atoms with E-state index >= 15 is 0 Å². The zero-order valence-electron chi connectivity index (χ0n) is 5.50. The molecule has 0 fully saturated rings. The van der Waals surface area contributed by atoms with Crippen LogP contribution >= 0.6 is 22.6 Å². The summed E-state index contributed by atoms with van der Waals surface area (Å²) >= 11 is 2.09. The Labute approximate surface area is 72.7 Å². The maximum absolute atomic E-state index is 8.66. The van der Waals surface area contributed by atoms with Gasteiger partial charge < -0.3 is 5.11 Å². The van der Waals surface area contributed by atoms with Crippen LogP contribution < -0.4 is 0 Å². The molecule has 1 rings (SSSR count). The van der Waals surface area contributed by atoms with Gasteiger partial charge in [0.2, 0.25) is 0 Å². The van der Waals surface area contributed by atoms with E-state index in [-0.39, 0.29) is 6.61 Å². The summed E-state index contributed by atoms with van der Waals surface area (Å²) in [6, 6.07) is 1.86. The van der Waals surface area contributed by atoms with Crippen LogP contribution in [0.25, 0.3) is 0 Å². The number of hydrogen-bond acceptors (Lipinski definition) is 3. The van der Waals surface area contributed by atoms with Crippen LogP contribution in [0.3, 0.4) is 0 Å². The van der Waals surface area contributed by atoms with Crippen molar-refractivity contribution in [2.75, 3.05) is 0 Å². The van der Waals surface area contributed by atoms with Gasteiger partial charge in [0.15, 0.2) is 5.82 Å².